The van der Waals surface area contributed by atoms with Crippen LogP contribution in [0.25, 0.3) is 0 Å². The fourth-order valence-electron chi connectivity index (χ4n) is 2.25. The molecule has 0 spiro atoms. The third-order valence-corrected chi connectivity index (χ3v) is 4.27. The average Bonchev–Trinajstić information content (AvgIpc) is 2.85. The maximum atomic E-state index is 5.73. The predicted molar refractivity (Wildman–Crippen MR) is 84.6 cm³/mol. The molecule has 0 saturated heterocycles. The zero-order valence-corrected chi connectivity index (χ0v) is 13.1. The normalized spacial score (nSPS) is 12.6. The number of hydrogen-bond acceptors (Lipinski definition) is 4. The van der Waals surface area contributed by atoms with E-state index in [-0.39, 0.29) is 6.04 Å². The molecule has 0 aliphatic rings. The van der Waals surface area contributed by atoms with E-state index < -0.39 is 0 Å². The minimum absolute atomic E-state index is 0.103. The van der Waals surface area contributed by atoms with Gasteiger partial charge >= 0.3 is 0 Å². The van der Waals surface area contributed by atoms with Crippen molar-refractivity contribution in [2.24, 2.45) is 12.9 Å². The van der Waals surface area contributed by atoms with Crippen LogP contribution in [0.15, 0.2) is 35.2 Å². The van der Waals surface area contributed by atoms with Crippen LogP contribution >= 0.6 is 11.8 Å². The molecule has 2 rings (SSSR count). The molecular weight excluding hydrogens is 268 g/mol. The summed E-state index contributed by atoms with van der Waals surface area (Å²) in [5, 5.41) is 4.48. The Labute approximate surface area is 124 Å². The fraction of sp³-hybridized carbons (Fsp3) is 0.400. The van der Waals surface area contributed by atoms with Crippen molar-refractivity contribution in [3.63, 3.8) is 0 Å². The smallest absolute Gasteiger partial charge is 0.0624 e. The lowest BCUT2D eigenvalue weighted by atomic mass is 10.0. The second-order valence-corrected chi connectivity index (χ2v) is 5.68. The van der Waals surface area contributed by atoms with E-state index in [0.29, 0.717) is 0 Å². The van der Waals surface area contributed by atoms with E-state index in [1.165, 1.54) is 16.2 Å². The molecule has 0 bridgehead atoms. The monoisotopic (exact) mass is 290 g/mol. The Balaban J connectivity index is 2.16. The van der Waals surface area contributed by atoms with Gasteiger partial charge in [-0.3, -0.25) is 16.0 Å². The summed E-state index contributed by atoms with van der Waals surface area (Å²) in [5.74, 6) is 5.73. The van der Waals surface area contributed by atoms with Gasteiger partial charge in [-0.2, -0.15) is 5.10 Å². The molecule has 20 heavy (non-hydrogen) atoms. The maximum Gasteiger partial charge on any atom is 0.0624 e. The molecule has 2 aromatic rings. The number of rotatable bonds is 6. The van der Waals surface area contributed by atoms with Crippen LogP contribution in [0.3, 0.4) is 0 Å². The van der Waals surface area contributed by atoms with Crippen LogP contribution < -0.4 is 11.3 Å². The van der Waals surface area contributed by atoms with Gasteiger partial charge in [-0.1, -0.05) is 19.1 Å². The Morgan fingerprint density at radius 1 is 1.35 bits per heavy atom. The zero-order valence-electron chi connectivity index (χ0n) is 12.3. The zero-order chi connectivity index (χ0) is 14.5. The highest BCUT2D eigenvalue weighted by atomic mass is 32.2. The summed E-state index contributed by atoms with van der Waals surface area (Å²) >= 11 is 1.74. The molecule has 0 aliphatic heterocycles. The maximum absolute atomic E-state index is 5.73. The van der Waals surface area contributed by atoms with E-state index >= 15 is 0 Å². The highest BCUT2D eigenvalue weighted by Gasteiger charge is 2.14. The van der Waals surface area contributed by atoms with Crippen LogP contribution in [0.5, 0.6) is 0 Å². The first-order valence-corrected chi connectivity index (χ1v) is 8.02. The number of hydrazine groups is 1. The van der Waals surface area contributed by atoms with Crippen LogP contribution in [0, 0.1) is 0 Å². The second kappa shape index (κ2) is 6.92. The van der Waals surface area contributed by atoms with Gasteiger partial charge < -0.3 is 0 Å². The van der Waals surface area contributed by atoms with E-state index in [2.05, 4.69) is 54.0 Å². The molecule has 5 heteroatoms. The van der Waals surface area contributed by atoms with Gasteiger partial charge in [0.1, 0.15) is 0 Å². The van der Waals surface area contributed by atoms with Gasteiger partial charge in [0, 0.05) is 24.1 Å². The number of thioether (sulfide) groups is 1. The first-order chi connectivity index (χ1) is 9.67. The number of hydrogen-bond donors (Lipinski definition) is 2. The fourth-order valence-corrected chi connectivity index (χ4v) is 2.66. The minimum Gasteiger partial charge on any atom is -0.272 e. The Kier molecular flexibility index (Phi) is 5.23. The first-order valence-electron chi connectivity index (χ1n) is 6.79. The molecule has 0 amide bonds. The Morgan fingerprint density at radius 3 is 2.55 bits per heavy atom. The highest BCUT2D eigenvalue weighted by Crippen LogP contribution is 2.21. The van der Waals surface area contributed by atoms with Gasteiger partial charge in [0.05, 0.1) is 11.7 Å². The summed E-state index contributed by atoms with van der Waals surface area (Å²) in [5.41, 5.74) is 6.42. The Morgan fingerprint density at radius 2 is 2.05 bits per heavy atom. The molecule has 4 nitrogen and oxygen atoms in total. The van der Waals surface area contributed by atoms with Gasteiger partial charge in [0.2, 0.25) is 0 Å². The number of aryl methyl sites for hydroxylation is 2. The lowest BCUT2D eigenvalue weighted by Gasteiger charge is -2.16. The molecule has 0 radical (unpaired) electrons. The average molecular weight is 290 g/mol. The van der Waals surface area contributed by atoms with Gasteiger partial charge in [0.25, 0.3) is 0 Å². The van der Waals surface area contributed by atoms with Crippen LogP contribution in [-0.2, 0) is 19.9 Å². The van der Waals surface area contributed by atoms with E-state index in [9.17, 15) is 0 Å². The molecule has 0 fully saturated rings. The number of nitrogens with two attached hydrogens (primary N) is 1. The lowest BCUT2D eigenvalue weighted by Crippen LogP contribution is -2.30. The van der Waals surface area contributed by atoms with Crippen molar-refractivity contribution in [1.29, 1.82) is 0 Å². The second-order valence-electron chi connectivity index (χ2n) is 4.80. The molecule has 1 heterocycles. The third kappa shape index (κ3) is 3.42. The summed E-state index contributed by atoms with van der Waals surface area (Å²) in [6.45, 7) is 2.12. The number of aromatic nitrogens is 2. The molecular formula is C15H22N4S. The highest BCUT2D eigenvalue weighted by molar-refractivity contribution is 7.98. The minimum atomic E-state index is 0.103. The van der Waals surface area contributed by atoms with Gasteiger partial charge in [-0.15, -0.1) is 11.8 Å². The van der Waals surface area contributed by atoms with Crippen molar-refractivity contribution in [2.45, 2.75) is 30.7 Å². The van der Waals surface area contributed by atoms with Crippen molar-refractivity contribution in [3.05, 3.63) is 47.3 Å². The Bertz CT molecular complexity index is 548. The summed E-state index contributed by atoms with van der Waals surface area (Å²) in [6, 6.07) is 10.8. The molecule has 3 N–H and O–H groups in total. The summed E-state index contributed by atoms with van der Waals surface area (Å²) in [6.07, 6.45) is 3.87. The molecule has 0 saturated carbocycles. The molecule has 108 valence electrons. The van der Waals surface area contributed by atoms with Crippen molar-refractivity contribution < 1.29 is 0 Å². The van der Waals surface area contributed by atoms with Crippen molar-refractivity contribution in [1.82, 2.24) is 15.2 Å². The standard InChI is InChI=1S/C15H22N4S/c1-4-12-9-13(19(2)18-12)10-15(17-16)11-5-7-14(20-3)8-6-11/h5-9,15,17H,4,10,16H2,1-3H3. The molecule has 1 unspecified atom stereocenters. The third-order valence-electron chi connectivity index (χ3n) is 3.52. The molecule has 1 aromatic carbocycles. The van der Waals surface area contributed by atoms with Crippen molar-refractivity contribution in [2.75, 3.05) is 6.26 Å². The van der Waals surface area contributed by atoms with E-state index in [0.717, 1.165) is 18.5 Å². The van der Waals surface area contributed by atoms with Crippen molar-refractivity contribution in [3.8, 4) is 0 Å². The number of nitrogens with zero attached hydrogens (tertiary/aromatic N) is 2. The van der Waals surface area contributed by atoms with Gasteiger partial charge in [-0.05, 0) is 36.4 Å². The predicted octanol–water partition coefficient (Wildman–Crippen LogP) is 2.45. The van der Waals surface area contributed by atoms with Crippen LogP contribution in [0.2, 0.25) is 0 Å². The molecule has 0 aliphatic carbocycles. The van der Waals surface area contributed by atoms with E-state index in [4.69, 9.17) is 5.84 Å². The van der Waals surface area contributed by atoms with Crippen molar-refractivity contribution >= 4 is 11.8 Å². The van der Waals surface area contributed by atoms with Crippen LogP contribution in [0.1, 0.15) is 29.9 Å². The quantitative estimate of drug-likeness (QED) is 0.487. The number of benzene rings is 1. The van der Waals surface area contributed by atoms with Gasteiger partial charge in [-0.25, -0.2) is 0 Å². The largest absolute Gasteiger partial charge is 0.272 e. The first kappa shape index (κ1) is 15.1. The number of nitrogens with one attached hydrogen (secondary N) is 1. The summed E-state index contributed by atoms with van der Waals surface area (Å²) < 4.78 is 1.94. The van der Waals surface area contributed by atoms with E-state index in [1.807, 2.05) is 11.7 Å². The summed E-state index contributed by atoms with van der Waals surface area (Å²) in [7, 11) is 1.99. The summed E-state index contributed by atoms with van der Waals surface area (Å²) in [4.78, 5) is 1.26. The lowest BCUT2D eigenvalue weighted by molar-refractivity contribution is 0.529. The van der Waals surface area contributed by atoms with Gasteiger partial charge in [0.15, 0.2) is 0 Å². The van der Waals surface area contributed by atoms with Crippen LogP contribution in [0.4, 0.5) is 0 Å². The van der Waals surface area contributed by atoms with E-state index in [1.54, 1.807) is 11.8 Å². The Hall–Kier alpha value is -1.30. The topological polar surface area (TPSA) is 55.9 Å². The SMILES string of the molecule is CCc1cc(CC(NN)c2ccc(SC)cc2)n(C)n1. The van der Waals surface area contributed by atoms with Crippen LogP contribution in [-0.4, -0.2) is 16.0 Å². The molecule has 1 aromatic heterocycles. The molecule has 1 atom stereocenters.